The number of aliphatic hydroxyl groups is 1. The van der Waals surface area contributed by atoms with Crippen molar-refractivity contribution in [2.75, 3.05) is 24.3 Å². The summed E-state index contributed by atoms with van der Waals surface area (Å²) in [5.41, 5.74) is 1.89. The number of hydrogen-bond acceptors (Lipinski definition) is 4. The molecule has 4 nitrogen and oxygen atoms in total. The molecule has 0 unspecified atom stereocenters. The van der Waals surface area contributed by atoms with Gasteiger partial charge in [-0.2, -0.15) is 0 Å². The highest BCUT2D eigenvalue weighted by atomic mass is 35.5. The van der Waals surface area contributed by atoms with E-state index >= 15 is 0 Å². The fraction of sp³-hybridized carbons (Fsp3) is 0.286. The third kappa shape index (κ3) is 3.22. The summed E-state index contributed by atoms with van der Waals surface area (Å²) in [6.45, 7) is 0.460. The van der Waals surface area contributed by atoms with E-state index in [0.717, 1.165) is 17.1 Å². The lowest BCUT2D eigenvalue weighted by molar-refractivity contribution is 0.244. The first-order valence-electron chi connectivity index (χ1n) is 6.00. The van der Waals surface area contributed by atoms with Crippen molar-refractivity contribution >= 4 is 23.0 Å². The Bertz CT molecular complexity index is 552. The molecule has 0 atom stereocenters. The van der Waals surface area contributed by atoms with E-state index in [0.29, 0.717) is 17.3 Å². The van der Waals surface area contributed by atoms with E-state index in [-0.39, 0.29) is 6.61 Å². The molecule has 19 heavy (non-hydrogen) atoms. The van der Waals surface area contributed by atoms with Crippen LogP contribution in [0.1, 0.15) is 11.5 Å². The van der Waals surface area contributed by atoms with Crippen molar-refractivity contribution in [3.63, 3.8) is 0 Å². The zero-order chi connectivity index (χ0) is 13.8. The molecule has 1 aromatic heterocycles. The molecule has 1 aromatic carbocycles. The highest BCUT2D eigenvalue weighted by molar-refractivity contribution is 6.34. The number of halogens is 1. The molecule has 0 aliphatic carbocycles. The number of nitrogens with zero attached hydrogens (tertiary/aromatic N) is 1. The molecule has 0 radical (unpaired) electrons. The quantitative estimate of drug-likeness (QED) is 0.884. The predicted molar refractivity (Wildman–Crippen MR) is 77.7 cm³/mol. The van der Waals surface area contributed by atoms with Crippen LogP contribution in [-0.2, 0) is 13.2 Å². The van der Waals surface area contributed by atoms with Crippen molar-refractivity contribution < 1.29 is 9.52 Å². The van der Waals surface area contributed by atoms with Crippen molar-refractivity contribution in [1.29, 1.82) is 0 Å². The van der Waals surface area contributed by atoms with Gasteiger partial charge in [0.1, 0.15) is 18.1 Å². The largest absolute Gasteiger partial charge is 0.462 e. The first-order chi connectivity index (χ1) is 9.11. The van der Waals surface area contributed by atoms with E-state index in [1.165, 1.54) is 0 Å². The van der Waals surface area contributed by atoms with E-state index in [2.05, 4.69) is 5.32 Å². The summed E-state index contributed by atoms with van der Waals surface area (Å²) in [7, 11) is 3.90. The van der Waals surface area contributed by atoms with Crippen molar-refractivity contribution in [2.45, 2.75) is 13.2 Å². The normalized spacial score (nSPS) is 10.5. The standard InChI is InChI=1S/C14H17ClN2O2/c1-17(2)14-12(15)4-3-5-13(14)16-8-10-6-7-11(9-18)19-10/h3-7,16,18H,8-9H2,1-2H3. The van der Waals surface area contributed by atoms with E-state index in [1.54, 1.807) is 6.07 Å². The SMILES string of the molecule is CN(C)c1c(Cl)cccc1NCc1ccc(CO)o1. The van der Waals surface area contributed by atoms with Crippen LogP contribution >= 0.6 is 11.6 Å². The zero-order valence-corrected chi connectivity index (χ0v) is 11.7. The molecule has 102 valence electrons. The Morgan fingerprint density at radius 2 is 1.95 bits per heavy atom. The molecule has 0 fully saturated rings. The van der Waals surface area contributed by atoms with Crippen LogP contribution in [0.3, 0.4) is 0 Å². The van der Waals surface area contributed by atoms with Gasteiger partial charge in [0, 0.05) is 14.1 Å². The van der Waals surface area contributed by atoms with Gasteiger partial charge in [-0.05, 0) is 24.3 Å². The fourth-order valence-corrected chi connectivity index (χ4v) is 2.24. The van der Waals surface area contributed by atoms with Crippen LogP contribution in [0.5, 0.6) is 0 Å². The zero-order valence-electron chi connectivity index (χ0n) is 11.0. The number of nitrogens with one attached hydrogen (secondary N) is 1. The van der Waals surface area contributed by atoms with Crippen molar-refractivity contribution in [2.24, 2.45) is 0 Å². The Kier molecular flexibility index (Phi) is 4.35. The lowest BCUT2D eigenvalue weighted by Gasteiger charge is -2.19. The van der Waals surface area contributed by atoms with Gasteiger partial charge in [-0.1, -0.05) is 17.7 Å². The number of aliphatic hydroxyl groups excluding tert-OH is 1. The minimum atomic E-state index is -0.0832. The van der Waals surface area contributed by atoms with Crippen molar-refractivity contribution in [1.82, 2.24) is 0 Å². The van der Waals surface area contributed by atoms with E-state index in [4.69, 9.17) is 21.1 Å². The molecule has 0 saturated carbocycles. The molecule has 0 bridgehead atoms. The number of rotatable bonds is 5. The Labute approximate surface area is 117 Å². The first kappa shape index (κ1) is 13.8. The summed E-state index contributed by atoms with van der Waals surface area (Å²) < 4.78 is 5.43. The van der Waals surface area contributed by atoms with E-state index < -0.39 is 0 Å². The smallest absolute Gasteiger partial charge is 0.129 e. The summed E-state index contributed by atoms with van der Waals surface area (Å²) in [5, 5.41) is 12.9. The molecule has 2 N–H and O–H groups in total. The average Bonchev–Trinajstić information content (AvgIpc) is 2.83. The highest BCUT2D eigenvalue weighted by Crippen LogP contribution is 2.32. The minimum Gasteiger partial charge on any atom is -0.462 e. The van der Waals surface area contributed by atoms with Crippen LogP contribution in [-0.4, -0.2) is 19.2 Å². The number of para-hydroxylation sites is 1. The minimum absolute atomic E-state index is 0.0832. The van der Waals surface area contributed by atoms with Gasteiger partial charge in [0.2, 0.25) is 0 Å². The lowest BCUT2D eigenvalue weighted by Crippen LogP contribution is -2.12. The summed E-state index contributed by atoms with van der Waals surface area (Å²) in [6.07, 6.45) is 0. The first-order valence-corrected chi connectivity index (χ1v) is 6.37. The molecule has 0 saturated heterocycles. The molecular formula is C14H17ClN2O2. The maximum absolute atomic E-state index is 8.95. The van der Waals surface area contributed by atoms with Gasteiger partial charge in [0.15, 0.2) is 0 Å². The number of furan rings is 1. The fourth-order valence-electron chi connectivity index (χ4n) is 1.90. The maximum Gasteiger partial charge on any atom is 0.129 e. The average molecular weight is 281 g/mol. The summed E-state index contributed by atoms with van der Waals surface area (Å²) in [5.74, 6) is 1.34. The predicted octanol–water partition coefficient (Wildman–Crippen LogP) is 3.10. The third-order valence-corrected chi connectivity index (χ3v) is 3.07. The second-order valence-electron chi connectivity index (χ2n) is 4.41. The molecular weight excluding hydrogens is 264 g/mol. The van der Waals surface area contributed by atoms with Crippen LogP contribution in [0.2, 0.25) is 5.02 Å². The Morgan fingerprint density at radius 1 is 1.21 bits per heavy atom. The Balaban J connectivity index is 2.13. The van der Waals surface area contributed by atoms with Crippen molar-refractivity contribution in [3.8, 4) is 0 Å². The van der Waals surface area contributed by atoms with Crippen LogP contribution in [0.15, 0.2) is 34.7 Å². The molecule has 1 heterocycles. The topological polar surface area (TPSA) is 48.6 Å². The molecule has 0 aliphatic heterocycles. The number of benzene rings is 1. The summed E-state index contributed by atoms with van der Waals surface area (Å²) in [6, 6.07) is 9.34. The summed E-state index contributed by atoms with van der Waals surface area (Å²) >= 11 is 6.19. The van der Waals surface area contributed by atoms with Gasteiger partial charge < -0.3 is 19.7 Å². The van der Waals surface area contributed by atoms with Crippen LogP contribution in [0.4, 0.5) is 11.4 Å². The molecule has 0 spiro atoms. The Hall–Kier alpha value is -1.65. The second-order valence-corrected chi connectivity index (χ2v) is 4.82. The van der Waals surface area contributed by atoms with Gasteiger partial charge in [-0.3, -0.25) is 0 Å². The van der Waals surface area contributed by atoms with Crippen LogP contribution < -0.4 is 10.2 Å². The molecule has 0 amide bonds. The highest BCUT2D eigenvalue weighted by Gasteiger charge is 2.09. The molecule has 0 aliphatic rings. The molecule has 5 heteroatoms. The van der Waals surface area contributed by atoms with Crippen LogP contribution in [0.25, 0.3) is 0 Å². The van der Waals surface area contributed by atoms with E-state index in [9.17, 15) is 0 Å². The third-order valence-electron chi connectivity index (χ3n) is 2.76. The van der Waals surface area contributed by atoms with Gasteiger partial charge in [-0.25, -0.2) is 0 Å². The van der Waals surface area contributed by atoms with Gasteiger partial charge in [0.05, 0.1) is 22.9 Å². The van der Waals surface area contributed by atoms with Gasteiger partial charge >= 0.3 is 0 Å². The van der Waals surface area contributed by atoms with Crippen LogP contribution in [0, 0.1) is 0 Å². The monoisotopic (exact) mass is 280 g/mol. The van der Waals surface area contributed by atoms with Gasteiger partial charge in [-0.15, -0.1) is 0 Å². The Morgan fingerprint density at radius 3 is 2.58 bits per heavy atom. The summed E-state index contributed by atoms with van der Waals surface area (Å²) in [4.78, 5) is 1.96. The maximum atomic E-state index is 8.95. The van der Waals surface area contributed by atoms with Crippen molar-refractivity contribution in [3.05, 3.63) is 46.9 Å². The second kappa shape index (κ2) is 5.99. The van der Waals surface area contributed by atoms with Gasteiger partial charge in [0.25, 0.3) is 0 Å². The lowest BCUT2D eigenvalue weighted by atomic mass is 10.2. The number of hydrogen-bond donors (Lipinski definition) is 2. The van der Waals surface area contributed by atoms with E-state index in [1.807, 2.05) is 43.3 Å². The number of anilines is 2. The molecule has 2 aromatic rings. The molecule has 2 rings (SSSR count).